The minimum atomic E-state index is -0.759. The standard InChI is InChI=1S/C50H96O6/c1-5-7-9-11-13-15-16-17-18-23-27-31-35-39-43-50(53)56-47(44-54-48(51)41-37-33-29-24-14-12-10-8-6-2)45-55-49(52)42-38-34-30-26-22-20-19-21-25-28-32-36-40-46(3)4/h46-47H,5-45H2,1-4H3/t47-/m1/s1. The van der Waals surface area contributed by atoms with Crippen LogP contribution in [0.4, 0.5) is 0 Å². The molecule has 0 aliphatic heterocycles. The molecule has 0 unspecified atom stereocenters. The first-order valence-electron chi connectivity index (χ1n) is 24.9. The van der Waals surface area contributed by atoms with Crippen molar-refractivity contribution in [1.29, 1.82) is 0 Å². The van der Waals surface area contributed by atoms with E-state index >= 15 is 0 Å². The van der Waals surface area contributed by atoms with E-state index < -0.39 is 6.10 Å². The van der Waals surface area contributed by atoms with Crippen LogP contribution in [0.3, 0.4) is 0 Å². The largest absolute Gasteiger partial charge is 0.462 e. The molecule has 0 aromatic carbocycles. The van der Waals surface area contributed by atoms with Crippen molar-refractivity contribution in [2.24, 2.45) is 5.92 Å². The Morgan fingerprint density at radius 1 is 0.339 bits per heavy atom. The molecule has 0 saturated heterocycles. The molecule has 0 aromatic heterocycles. The molecule has 0 bridgehead atoms. The summed E-state index contributed by atoms with van der Waals surface area (Å²) in [5.74, 6) is -0.0155. The molecular weight excluding hydrogens is 697 g/mol. The van der Waals surface area contributed by atoms with Crippen molar-refractivity contribution >= 4 is 17.9 Å². The third-order valence-corrected chi connectivity index (χ3v) is 11.3. The van der Waals surface area contributed by atoms with Crippen LogP contribution in [0.5, 0.6) is 0 Å². The molecule has 332 valence electrons. The molecule has 0 heterocycles. The Balaban J connectivity index is 4.28. The highest BCUT2D eigenvalue weighted by Crippen LogP contribution is 2.17. The quantitative estimate of drug-likeness (QED) is 0.0347. The number of unbranched alkanes of at least 4 members (excludes halogenated alkanes) is 32. The highest BCUT2D eigenvalue weighted by atomic mass is 16.6. The number of esters is 3. The number of hydrogen-bond donors (Lipinski definition) is 0. The van der Waals surface area contributed by atoms with Gasteiger partial charge in [0.05, 0.1) is 0 Å². The van der Waals surface area contributed by atoms with E-state index in [0.29, 0.717) is 19.3 Å². The molecule has 0 spiro atoms. The summed E-state index contributed by atoms with van der Waals surface area (Å²) in [6.07, 6.45) is 45.1. The van der Waals surface area contributed by atoms with E-state index in [1.54, 1.807) is 0 Å². The first kappa shape index (κ1) is 54.4. The summed E-state index contributed by atoms with van der Waals surface area (Å²) < 4.78 is 16.8. The van der Waals surface area contributed by atoms with Crippen LogP contribution in [0.2, 0.25) is 0 Å². The second-order valence-corrected chi connectivity index (χ2v) is 17.6. The summed E-state index contributed by atoms with van der Waals surface area (Å²) in [7, 11) is 0. The van der Waals surface area contributed by atoms with E-state index in [2.05, 4.69) is 27.7 Å². The van der Waals surface area contributed by atoms with Crippen molar-refractivity contribution in [3.05, 3.63) is 0 Å². The first-order valence-corrected chi connectivity index (χ1v) is 24.9. The maximum Gasteiger partial charge on any atom is 0.306 e. The van der Waals surface area contributed by atoms with Gasteiger partial charge >= 0.3 is 17.9 Å². The zero-order valence-corrected chi connectivity index (χ0v) is 38.1. The lowest BCUT2D eigenvalue weighted by Crippen LogP contribution is -2.30. The van der Waals surface area contributed by atoms with Gasteiger partial charge in [-0.15, -0.1) is 0 Å². The average molecular weight is 793 g/mol. The molecule has 6 nitrogen and oxygen atoms in total. The SMILES string of the molecule is CCCCCCCCCCCCCCCCC(=O)O[C@H](COC(=O)CCCCCCCCCCC)COC(=O)CCCCCCCCCCCCCCC(C)C. The van der Waals surface area contributed by atoms with Gasteiger partial charge in [0.1, 0.15) is 13.2 Å². The van der Waals surface area contributed by atoms with E-state index in [0.717, 1.165) is 63.7 Å². The third kappa shape index (κ3) is 43.5. The van der Waals surface area contributed by atoms with Crippen LogP contribution in [0.25, 0.3) is 0 Å². The van der Waals surface area contributed by atoms with Crippen molar-refractivity contribution < 1.29 is 28.6 Å². The van der Waals surface area contributed by atoms with Crippen molar-refractivity contribution in [2.45, 2.75) is 284 Å². The van der Waals surface area contributed by atoms with Crippen LogP contribution in [-0.2, 0) is 28.6 Å². The van der Waals surface area contributed by atoms with E-state index in [4.69, 9.17) is 14.2 Å². The number of ether oxygens (including phenoxy) is 3. The summed E-state index contributed by atoms with van der Waals surface area (Å²) >= 11 is 0. The van der Waals surface area contributed by atoms with Crippen LogP contribution in [0, 0.1) is 5.92 Å². The predicted molar refractivity (Wildman–Crippen MR) is 238 cm³/mol. The summed E-state index contributed by atoms with van der Waals surface area (Å²) in [5.41, 5.74) is 0. The highest BCUT2D eigenvalue weighted by molar-refractivity contribution is 5.71. The van der Waals surface area contributed by atoms with Gasteiger partial charge in [0.2, 0.25) is 0 Å². The van der Waals surface area contributed by atoms with Crippen molar-refractivity contribution in [3.8, 4) is 0 Å². The fraction of sp³-hybridized carbons (Fsp3) is 0.940. The van der Waals surface area contributed by atoms with E-state index in [9.17, 15) is 14.4 Å². The average Bonchev–Trinajstić information content (AvgIpc) is 3.18. The van der Waals surface area contributed by atoms with Gasteiger partial charge in [-0.25, -0.2) is 0 Å². The van der Waals surface area contributed by atoms with Gasteiger partial charge in [-0.05, 0) is 25.2 Å². The lowest BCUT2D eigenvalue weighted by atomic mass is 10.0. The van der Waals surface area contributed by atoms with Gasteiger partial charge < -0.3 is 14.2 Å². The molecule has 56 heavy (non-hydrogen) atoms. The maximum atomic E-state index is 12.7. The van der Waals surface area contributed by atoms with Gasteiger partial charge in [-0.2, -0.15) is 0 Å². The van der Waals surface area contributed by atoms with Crippen molar-refractivity contribution in [1.82, 2.24) is 0 Å². The molecule has 0 aromatic rings. The van der Waals surface area contributed by atoms with Crippen LogP contribution >= 0.6 is 0 Å². The van der Waals surface area contributed by atoms with Crippen LogP contribution < -0.4 is 0 Å². The molecule has 0 aliphatic rings. The molecule has 0 N–H and O–H groups in total. The number of carbonyl (C=O) groups is 3. The Labute approximate surface area is 348 Å². The number of rotatable bonds is 45. The highest BCUT2D eigenvalue weighted by Gasteiger charge is 2.19. The Morgan fingerprint density at radius 3 is 0.875 bits per heavy atom. The molecule has 0 radical (unpaired) electrons. The minimum absolute atomic E-state index is 0.0631. The maximum absolute atomic E-state index is 12.7. The lowest BCUT2D eigenvalue weighted by molar-refractivity contribution is -0.167. The fourth-order valence-electron chi connectivity index (χ4n) is 7.51. The zero-order chi connectivity index (χ0) is 41.0. The third-order valence-electron chi connectivity index (χ3n) is 11.3. The molecule has 6 heteroatoms. The summed E-state index contributed by atoms with van der Waals surface area (Å²) in [4.78, 5) is 37.8. The molecule has 0 fully saturated rings. The van der Waals surface area contributed by atoms with E-state index in [-0.39, 0.29) is 31.1 Å². The number of hydrogen-bond acceptors (Lipinski definition) is 6. The Hall–Kier alpha value is -1.59. The van der Waals surface area contributed by atoms with Crippen LogP contribution in [0.15, 0.2) is 0 Å². The van der Waals surface area contributed by atoms with Gasteiger partial charge in [0.25, 0.3) is 0 Å². The fourth-order valence-corrected chi connectivity index (χ4v) is 7.51. The van der Waals surface area contributed by atoms with Crippen LogP contribution in [0.1, 0.15) is 278 Å². The zero-order valence-electron chi connectivity index (χ0n) is 38.1. The molecule has 0 saturated carbocycles. The van der Waals surface area contributed by atoms with E-state index in [1.165, 1.54) is 173 Å². The molecule has 0 amide bonds. The molecule has 1 atom stereocenters. The first-order chi connectivity index (χ1) is 27.4. The predicted octanol–water partition coefficient (Wildman–Crippen LogP) is 15.9. The van der Waals surface area contributed by atoms with E-state index in [1.807, 2.05) is 0 Å². The Morgan fingerprint density at radius 2 is 0.589 bits per heavy atom. The summed E-state index contributed by atoms with van der Waals surface area (Å²) in [6.45, 7) is 9.00. The minimum Gasteiger partial charge on any atom is -0.462 e. The molecular formula is C50H96O6. The lowest BCUT2D eigenvalue weighted by Gasteiger charge is -2.18. The summed E-state index contributed by atoms with van der Waals surface area (Å²) in [5, 5.41) is 0. The molecule has 0 rings (SSSR count). The normalized spacial score (nSPS) is 11.9. The molecule has 0 aliphatic carbocycles. The topological polar surface area (TPSA) is 78.9 Å². The smallest absolute Gasteiger partial charge is 0.306 e. The summed E-state index contributed by atoms with van der Waals surface area (Å²) in [6, 6.07) is 0. The van der Waals surface area contributed by atoms with Crippen molar-refractivity contribution in [3.63, 3.8) is 0 Å². The van der Waals surface area contributed by atoms with Gasteiger partial charge in [-0.3, -0.25) is 14.4 Å². The Bertz CT molecular complexity index is 841. The van der Waals surface area contributed by atoms with Gasteiger partial charge in [-0.1, -0.05) is 240 Å². The monoisotopic (exact) mass is 793 g/mol. The Kier molecular flexibility index (Phi) is 43.2. The van der Waals surface area contributed by atoms with Gasteiger partial charge in [0.15, 0.2) is 6.10 Å². The van der Waals surface area contributed by atoms with Crippen molar-refractivity contribution in [2.75, 3.05) is 13.2 Å². The second-order valence-electron chi connectivity index (χ2n) is 17.6. The second kappa shape index (κ2) is 44.5. The van der Waals surface area contributed by atoms with Gasteiger partial charge in [0, 0.05) is 19.3 Å². The number of carbonyl (C=O) groups excluding carboxylic acids is 3. The van der Waals surface area contributed by atoms with Crippen LogP contribution in [-0.4, -0.2) is 37.2 Å².